The fraction of sp³-hybridized carbons (Fsp3) is 0.750. The maximum Gasteiger partial charge on any atom is 0.183 e. The summed E-state index contributed by atoms with van der Waals surface area (Å²) in [5.41, 5.74) is 0. The number of hydrogen-bond acceptors (Lipinski definition) is 3. The molecule has 2 aliphatic carbocycles. The van der Waals surface area contributed by atoms with Gasteiger partial charge in [-0.25, -0.2) is 0 Å². The highest BCUT2D eigenvalue weighted by atomic mass is 79.9. The number of rotatable bonds is 1. The molecule has 2 unspecified atom stereocenters. The minimum absolute atomic E-state index is 0.734. The molecule has 3 rings (SSSR count). The predicted molar refractivity (Wildman–Crippen MR) is 51.2 cm³/mol. The van der Waals surface area contributed by atoms with Crippen LogP contribution in [-0.2, 0) is 0 Å². The van der Waals surface area contributed by atoms with Gasteiger partial charge in [0.05, 0.1) is 0 Å². The average Bonchev–Trinajstić information content (AvgIpc) is 2.49. The lowest BCUT2D eigenvalue weighted by Gasteiger charge is -2.04. The summed E-state index contributed by atoms with van der Waals surface area (Å²) >= 11 is 5.05. The van der Waals surface area contributed by atoms with Gasteiger partial charge in [0.2, 0.25) is 0 Å². The van der Waals surface area contributed by atoms with E-state index in [1.807, 2.05) is 0 Å². The van der Waals surface area contributed by atoms with E-state index >= 15 is 0 Å². The van der Waals surface area contributed by atoms with Crippen LogP contribution in [0.15, 0.2) is 3.92 Å². The van der Waals surface area contributed by atoms with Crippen LogP contribution in [0, 0.1) is 11.8 Å². The molecule has 0 saturated heterocycles. The number of halogens is 1. The lowest BCUT2D eigenvalue weighted by molar-refractivity contribution is 0.615. The maximum absolute atomic E-state index is 4.17. The van der Waals surface area contributed by atoms with Crippen molar-refractivity contribution in [2.75, 3.05) is 0 Å². The molecule has 12 heavy (non-hydrogen) atoms. The number of fused-ring (bicyclic) bond motifs is 1. The van der Waals surface area contributed by atoms with Gasteiger partial charge in [-0.2, -0.15) is 0 Å². The molecule has 2 atom stereocenters. The van der Waals surface area contributed by atoms with Crippen LogP contribution >= 0.6 is 27.3 Å². The van der Waals surface area contributed by atoms with Gasteiger partial charge in [-0.15, -0.1) is 10.2 Å². The van der Waals surface area contributed by atoms with E-state index in [1.165, 1.54) is 24.3 Å². The zero-order valence-corrected chi connectivity index (χ0v) is 8.94. The molecule has 1 aromatic rings. The van der Waals surface area contributed by atoms with E-state index in [1.54, 1.807) is 11.3 Å². The molecule has 0 bridgehead atoms. The Kier molecular flexibility index (Phi) is 1.56. The first-order valence-corrected chi connectivity index (χ1v) is 5.93. The minimum Gasteiger partial charge on any atom is -0.142 e. The molecule has 4 heteroatoms. The number of hydrogen-bond donors (Lipinski definition) is 0. The van der Waals surface area contributed by atoms with E-state index in [2.05, 4.69) is 26.1 Å². The summed E-state index contributed by atoms with van der Waals surface area (Å²) in [6, 6.07) is 0. The van der Waals surface area contributed by atoms with E-state index in [-0.39, 0.29) is 0 Å². The standard InChI is InChI=1S/C8H9BrN2S/c9-8-11-10-7(12-8)6-2-4-1-5(4)3-6/h4-6H,1-3H2. The highest BCUT2D eigenvalue weighted by molar-refractivity contribution is 9.11. The van der Waals surface area contributed by atoms with E-state index in [4.69, 9.17) is 0 Å². The van der Waals surface area contributed by atoms with Crippen molar-refractivity contribution in [1.82, 2.24) is 10.2 Å². The Bertz CT molecular complexity index is 302. The van der Waals surface area contributed by atoms with Crippen LogP contribution in [0.5, 0.6) is 0 Å². The lowest BCUT2D eigenvalue weighted by atomic mass is 10.1. The Morgan fingerprint density at radius 1 is 1.17 bits per heavy atom. The predicted octanol–water partition coefficient (Wildman–Crippen LogP) is 2.81. The summed E-state index contributed by atoms with van der Waals surface area (Å²) in [5.74, 6) is 2.81. The van der Waals surface area contributed by atoms with Gasteiger partial charge in [0.1, 0.15) is 5.01 Å². The van der Waals surface area contributed by atoms with Gasteiger partial charge in [-0.05, 0) is 47.0 Å². The van der Waals surface area contributed by atoms with Crippen LogP contribution in [0.2, 0.25) is 0 Å². The highest BCUT2D eigenvalue weighted by Crippen LogP contribution is 2.57. The molecular formula is C8H9BrN2S. The van der Waals surface area contributed by atoms with Crippen molar-refractivity contribution in [2.45, 2.75) is 25.2 Å². The second-order valence-electron chi connectivity index (χ2n) is 3.82. The highest BCUT2D eigenvalue weighted by Gasteiger charge is 2.47. The Morgan fingerprint density at radius 3 is 2.50 bits per heavy atom. The summed E-state index contributed by atoms with van der Waals surface area (Å²) in [7, 11) is 0. The minimum atomic E-state index is 0.734. The molecule has 0 aliphatic heterocycles. The van der Waals surface area contributed by atoms with Crippen LogP contribution in [0.3, 0.4) is 0 Å². The van der Waals surface area contributed by atoms with Crippen molar-refractivity contribution in [3.05, 3.63) is 8.92 Å². The first-order valence-electron chi connectivity index (χ1n) is 4.32. The first-order chi connectivity index (χ1) is 5.83. The molecule has 0 amide bonds. The summed E-state index contributed by atoms with van der Waals surface area (Å²) in [5, 5.41) is 9.41. The van der Waals surface area contributed by atoms with E-state index < -0.39 is 0 Å². The topological polar surface area (TPSA) is 25.8 Å². The largest absolute Gasteiger partial charge is 0.183 e. The molecule has 2 aliphatic rings. The summed E-state index contributed by atoms with van der Waals surface area (Å²) < 4.78 is 0.929. The van der Waals surface area contributed by atoms with E-state index in [0.29, 0.717) is 0 Å². The molecule has 64 valence electrons. The summed E-state index contributed by atoms with van der Waals surface area (Å²) in [6.45, 7) is 0. The van der Waals surface area contributed by atoms with Gasteiger partial charge >= 0.3 is 0 Å². The van der Waals surface area contributed by atoms with Crippen molar-refractivity contribution in [3.8, 4) is 0 Å². The second-order valence-corrected chi connectivity index (χ2v) is 6.10. The quantitative estimate of drug-likeness (QED) is 0.760. The number of nitrogens with zero attached hydrogens (tertiary/aromatic N) is 2. The third-order valence-corrected chi connectivity index (χ3v) is 4.53. The Hall–Kier alpha value is 0.0400. The van der Waals surface area contributed by atoms with Crippen molar-refractivity contribution in [2.24, 2.45) is 11.8 Å². The van der Waals surface area contributed by atoms with Crippen LogP contribution in [-0.4, -0.2) is 10.2 Å². The molecule has 2 fully saturated rings. The molecule has 0 aromatic carbocycles. The first kappa shape index (κ1) is 7.44. The second kappa shape index (κ2) is 2.51. The molecular weight excluding hydrogens is 236 g/mol. The smallest absolute Gasteiger partial charge is 0.142 e. The van der Waals surface area contributed by atoms with Gasteiger partial charge in [0, 0.05) is 5.92 Å². The molecule has 2 saturated carbocycles. The normalized spacial score (nSPS) is 38.2. The molecule has 0 spiro atoms. The van der Waals surface area contributed by atoms with Crippen LogP contribution in [0.25, 0.3) is 0 Å². The van der Waals surface area contributed by atoms with Crippen molar-refractivity contribution < 1.29 is 0 Å². The zero-order valence-electron chi connectivity index (χ0n) is 6.53. The van der Waals surface area contributed by atoms with Crippen LogP contribution in [0.4, 0.5) is 0 Å². The van der Waals surface area contributed by atoms with Gasteiger partial charge in [0.15, 0.2) is 3.92 Å². The molecule has 1 heterocycles. The van der Waals surface area contributed by atoms with Gasteiger partial charge in [-0.3, -0.25) is 0 Å². The van der Waals surface area contributed by atoms with Crippen molar-refractivity contribution in [1.29, 1.82) is 0 Å². The Morgan fingerprint density at radius 2 is 1.92 bits per heavy atom. The van der Waals surface area contributed by atoms with Crippen molar-refractivity contribution >= 4 is 27.3 Å². The maximum atomic E-state index is 4.17. The van der Waals surface area contributed by atoms with Gasteiger partial charge < -0.3 is 0 Å². The van der Waals surface area contributed by atoms with Crippen LogP contribution in [0.1, 0.15) is 30.2 Å². The fourth-order valence-corrected chi connectivity index (χ4v) is 3.57. The molecule has 1 aromatic heterocycles. The SMILES string of the molecule is Brc1nnc(C2CC3CC3C2)s1. The molecule has 0 radical (unpaired) electrons. The Balaban J connectivity index is 1.81. The van der Waals surface area contributed by atoms with E-state index in [9.17, 15) is 0 Å². The molecule has 2 nitrogen and oxygen atoms in total. The summed E-state index contributed by atoms with van der Waals surface area (Å²) in [6.07, 6.45) is 4.22. The van der Waals surface area contributed by atoms with E-state index in [0.717, 1.165) is 21.7 Å². The number of aromatic nitrogens is 2. The third-order valence-electron chi connectivity index (χ3n) is 3.01. The monoisotopic (exact) mass is 244 g/mol. The van der Waals surface area contributed by atoms with Crippen LogP contribution < -0.4 is 0 Å². The molecule has 0 N–H and O–H groups in total. The third kappa shape index (κ3) is 1.12. The Labute approximate surface area is 83.5 Å². The lowest BCUT2D eigenvalue weighted by Crippen LogP contribution is -1.94. The van der Waals surface area contributed by atoms with Crippen molar-refractivity contribution in [3.63, 3.8) is 0 Å². The van der Waals surface area contributed by atoms with Gasteiger partial charge in [-0.1, -0.05) is 11.3 Å². The zero-order chi connectivity index (χ0) is 8.13. The summed E-state index contributed by atoms with van der Waals surface area (Å²) in [4.78, 5) is 0. The average molecular weight is 245 g/mol. The fourth-order valence-electron chi connectivity index (χ4n) is 2.30. The van der Waals surface area contributed by atoms with Gasteiger partial charge in [0.25, 0.3) is 0 Å².